The Bertz CT molecular complexity index is 785. The van der Waals surface area contributed by atoms with E-state index in [9.17, 15) is 4.79 Å². The number of carbonyl (C=O) groups is 1. The lowest BCUT2D eigenvalue weighted by atomic mass is 10.0. The SMILES string of the molecule is C/C=C/C(=O)c1c[nH]c2ncc(-c3ccccc3)cc12. The second kappa shape index (κ2) is 5.13. The van der Waals surface area contributed by atoms with Crippen molar-refractivity contribution in [1.82, 2.24) is 9.97 Å². The van der Waals surface area contributed by atoms with E-state index >= 15 is 0 Å². The zero-order chi connectivity index (χ0) is 13.9. The Morgan fingerprint density at radius 2 is 2.00 bits per heavy atom. The summed E-state index contributed by atoms with van der Waals surface area (Å²) in [5, 5.41) is 0.856. The van der Waals surface area contributed by atoms with Crippen LogP contribution >= 0.6 is 0 Å². The van der Waals surface area contributed by atoms with Crippen LogP contribution in [-0.2, 0) is 0 Å². The molecule has 20 heavy (non-hydrogen) atoms. The summed E-state index contributed by atoms with van der Waals surface area (Å²) >= 11 is 0. The van der Waals surface area contributed by atoms with Crippen molar-refractivity contribution in [2.45, 2.75) is 6.92 Å². The summed E-state index contributed by atoms with van der Waals surface area (Å²) in [6.45, 7) is 1.83. The van der Waals surface area contributed by atoms with E-state index < -0.39 is 0 Å². The van der Waals surface area contributed by atoms with E-state index in [1.54, 1.807) is 18.3 Å². The minimum Gasteiger partial charge on any atom is -0.345 e. The van der Waals surface area contributed by atoms with Gasteiger partial charge in [-0.15, -0.1) is 0 Å². The molecule has 0 radical (unpaired) electrons. The minimum atomic E-state index is -0.00855. The number of aromatic amines is 1. The van der Waals surface area contributed by atoms with E-state index in [0.29, 0.717) is 5.56 Å². The monoisotopic (exact) mass is 262 g/mol. The Hall–Kier alpha value is -2.68. The van der Waals surface area contributed by atoms with Gasteiger partial charge in [-0.1, -0.05) is 36.4 Å². The molecular weight excluding hydrogens is 248 g/mol. The summed E-state index contributed by atoms with van der Waals surface area (Å²) < 4.78 is 0. The molecule has 3 aromatic rings. The molecule has 0 aliphatic carbocycles. The van der Waals surface area contributed by atoms with E-state index in [2.05, 4.69) is 9.97 Å². The van der Waals surface area contributed by atoms with E-state index in [0.717, 1.165) is 22.2 Å². The third-order valence-electron chi connectivity index (χ3n) is 3.22. The molecule has 0 bridgehead atoms. The zero-order valence-electron chi connectivity index (χ0n) is 11.1. The number of allylic oxidation sites excluding steroid dienone is 2. The molecule has 0 saturated carbocycles. The second-order valence-corrected chi connectivity index (χ2v) is 4.55. The fourth-order valence-corrected chi connectivity index (χ4v) is 2.24. The Balaban J connectivity index is 2.15. The third-order valence-corrected chi connectivity index (χ3v) is 3.22. The van der Waals surface area contributed by atoms with Crippen molar-refractivity contribution in [3.63, 3.8) is 0 Å². The average molecular weight is 262 g/mol. The quantitative estimate of drug-likeness (QED) is 0.573. The molecule has 3 heteroatoms. The first-order chi connectivity index (χ1) is 9.79. The number of aromatic nitrogens is 2. The van der Waals surface area contributed by atoms with Gasteiger partial charge in [0.2, 0.25) is 0 Å². The third kappa shape index (κ3) is 2.14. The van der Waals surface area contributed by atoms with Crippen molar-refractivity contribution >= 4 is 16.8 Å². The Morgan fingerprint density at radius 1 is 1.20 bits per heavy atom. The lowest BCUT2D eigenvalue weighted by Gasteiger charge is -2.01. The van der Waals surface area contributed by atoms with Gasteiger partial charge in [-0.3, -0.25) is 4.79 Å². The highest BCUT2D eigenvalue weighted by atomic mass is 16.1. The number of ketones is 1. The molecule has 0 atom stereocenters. The van der Waals surface area contributed by atoms with E-state index in [1.807, 2.05) is 49.5 Å². The number of carbonyl (C=O) groups excluding carboxylic acids is 1. The maximum Gasteiger partial charge on any atom is 0.187 e. The molecule has 0 spiro atoms. The van der Waals surface area contributed by atoms with Crippen molar-refractivity contribution in [2.75, 3.05) is 0 Å². The summed E-state index contributed by atoms with van der Waals surface area (Å²) in [6, 6.07) is 12.0. The molecule has 0 unspecified atom stereocenters. The first kappa shape index (κ1) is 12.4. The minimum absolute atomic E-state index is 0.00855. The van der Waals surface area contributed by atoms with Gasteiger partial charge >= 0.3 is 0 Å². The van der Waals surface area contributed by atoms with Gasteiger partial charge in [0.15, 0.2) is 5.78 Å². The van der Waals surface area contributed by atoms with Crippen LogP contribution < -0.4 is 0 Å². The van der Waals surface area contributed by atoms with Crippen LogP contribution in [0.4, 0.5) is 0 Å². The van der Waals surface area contributed by atoms with Gasteiger partial charge in [0, 0.05) is 28.9 Å². The summed E-state index contributed by atoms with van der Waals surface area (Å²) in [5.41, 5.74) is 3.49. The molecule has 3 rings (SSSR count). The van der Waals surface area contributed by atoms with Gasteiger partial charge in [-0.2, -0.15) is 0 Å². The van der Waals surface area contributed by atoms with Crippen LogP contribution in [0.1, 0.15) is 17.3 Å². The standard InChI is InChI=1S/C17H14N2O/c1-2-6-16(20)15-11-19-17-14(15)9-13(10-18-17)12-7-4-3-5-8-12/h2-11H,1H3,(H,18,19)/b6-2+. The van der Waals surface area contributed by atoms with Crippen LogP contribution in [0.25, 0.3) is 22.2 Å². The fraction of sp³-hybridized carbons (Fsp3) is 0.0588. The summed E-state index contributed by atoms with van der Waals surface area (Å²) in [6.07, 6.45) is 6.85. The molecule has 0 aliphatic rings. The number of hydrogen-bond donors (Lipinski definition) is 1. The largest absolute Gasteiger partial charge is 0.345 e. The van der Waals surface area contributed by atoms with Crippen molar-refractivity contribution < 1.29 is 4.79 Å². The smallest absolute Gasteiger partial charge is 0.187 e. The van der Waals surface area contributed by atoms with Crippen molar-refractivity contribution in [2.24, 2.45) is 0 Å². The molecule has 0 aliphatic heterocycles. The maximum atomic E-state index is 12.0. The predicted octanol–water partition coefficient (Wildman–Crippen LogP) is 3.99. The second-order valence-electron chi connectivity index (χ2n) is 4.55. The van der Waals surface area contributed by atoms with Crippen molar-refractivity contribution in [3.05, 3.63) is 66.5 Å². The zero-order valence-corrected chi connectivity index (χ0v) is 11.1. The van der Waals surface area contributed by atoms with Gasteiger partial charge < -0.3 is 4.98 Å². The van der Waals surface area contributed by atoms with Crippen LogP contribution in [0, 0.1) is 0 Å². The lowest BCUT2D eigenvalue weighted by molar-refractivity contribution is 0.104. The van der Waals surface area contributed by atoms with Crippen LogP contribution in [0.15, 0.2) is 60.9 Å². The average Bonchev–Trinajstić information content (AvgIpc) is 2.91. The summed E-state index contributed by atoms with van der Waals surface area (Å²) in [4.78, 5) is 19.5. The number of rotatable bonds is 3. The summed E-state index contributed by atoms with van der Waals surface area (Å²) in [7, 11) is 0. The fourth-order valence-electron chi connectivity index (χ4n) is 2.24. The molecular formula is C17H14N2O. The molecule has 2 heterocycles. The molecule has 3 nitrogen and oxygen atoms in total. The molecule has 0 fully saturated rings. The highest BCUT2D eigenvalue weighted by Crippen LogP contribution is 2.24. The number of pyridine rings is 1. The Labute approximate surface area is 117 Å². The van der Waals surface area contributed by atoms with Gasteiger partial charge in [-0.25, -0.2) is 4.98 Å². The van der Waals surface area contributed by atoms with Gasteiger partial charge in [-0.05, 0) is 24.6 Å². The Kier molecular flexibility index (Phi) is 3.17. The number of nitrogens with one attached hydrogen (secondary N) is 1. The van der Waals surface area contributed by atoms with Gasteiger partial charge in [0.1, 0.15) is 5.65 Å². The number of benzene rings is 1. The van der Waals surface area contributed by atoms with Crippen molar-refractivity contribution in [3.8, 4) is 11.1 Å². The molecule has 1 N–H and O–H groups in total. The lowest BCUT2D eigenvalue weighted by Crippen LogP contribution is -1.92. The molecule has 1 aromatic carbocycles. The highest BCUT2D eigenvalue weighted by Gasteiger charge is 2.11. The van der Waals surface area contributed by atoms with E-state index in [-0.39, 0.29) is 5.78 Å². The first-order valence-electron chi connectivity index (χ1n) is 6.49. The van der Waals surface area contributed by atoms with Crippen LogP contribution in [-0.4, -0.2) is 15.8 Å². The van der Waals surface area contributed by atoms with E-state index in [4.69, 9.17) is 0 Å². The van der Waals surface area contributed by atoms with Crippen LogP contribution in [0.2, 0.25) is 0 Å². The maximum absolute atomic E-state index is 12.0. The van der Waals surface area contributed by atoms with Gasteiger partial charge in [0.25, 0.3) is 0 Å². The van der Waals surface area contributed by atoms with E-state index in [1.165, 1.54) is 0 Å². The van der Waals surface area contributed by atoms with Crippen molar-refractivity contribution in [1.29, 1.82) is 0 Å². The summed E-state index contributed by atoms with van der Waals surface area (Å²) in [5.74, 6) is -0.00855. The van der Waals surface area contributed by atoms with Crippen LogP contribution in [0.3, 0.4) is 0 Å². The Morgan fingerprint density at radius 3 is 2.75 bits per heavy atom. The molecule has 98 valence electrons. The topological polar surface area (TPSA) is 45.8 Å². The highest BCUT2D eigenvalue weighted by molar-refractivity contribution is 6.13. The van der Waals surface area contributed by atoms with Crippen LogP contribution in [0.5, 0.6) is 0 Å². The first-order valence-corrected chi connectivity index (χ1v) is 6.49. The predicted molar refractivity (Wildman–Crippen MR) is 80.7 cm³/mol. The number of H-pyrrole nitrogens is 1. The number of hydrogen-bond acceptors (Lipinski definition) is 2. The molecule has 0 amide bonds. The van der Waals surface area contributed by atoms with Gasteiger partial charge in [0.05, 0.1) is 0 Å². The number of fused-ring (bicyclic) bond motifs is 1. The molecule has 0 saturated heterocycles. The normalized spacial score (nSPS) is 11.2. The molecule has 2 aromatic heterocycles. The number of nitrogens with zero attached hydrogens (tertiary/aromatic N) is 1.